The molecule has 0 spiro atoms. The number of hydrogen-bond donors (Lipinski definition) is 2. The number of H-pyrrole nitrogens is 1. The molecule has 0 bridgehead atoms. The zero-order valence-electron chi connectivity index (χ0n) is 12.8. The Morgan fingerprint density at radius 3 is 2.48 bits per heavy atom. The molecule has 0 unspecified atom stereocenters. The first-order chi connectivity index (χ1) is 10.8. The molecular formula is C17H17FN2O3. The highest BCUT2D eigenvalue weighted by Gasteiger charge is 2.17. The maximum atomic E-state index is 12.9. The van der Waals surface area contributed by atoms with Crippen LogP contribution in [-0.4, -0.2) is 20.3 Å². The van der Waals surface area contributed by atoms with Crippen LogP contribution in [0.4, 0.5) is 4.39 Å². The Bertz CT molecular complexity index is 889. The summed E-state index contributed by atoms with van der Waals surface area (Å²) >= 11 is 0. The van der Waals surface area contributed by atoms with Crippen molar-refractivity contribution in [3.63, 3.8) is 0 Å². The molecule has 0 amide bonds. The third-order valence-corrected chi connectivity index (χ3v) is 3.34. The van der Waals surface area contributed by atoms with E-state index in [-0.39, 0.29) is 18.1 Å². The topological polar surface area (TPSA) is 67.2 Å². The summed E-state index contributed by atoms with van der Waals surface area (Å²) < 4.78 is 20.1. The predicted octanol–water partition coefficient (Wildman–Crippen LogP) is 3.03. The number of ether oxygens (including phenoxy) is 1. The van der Waals surface area contributed by atoms with E-state index < -0.39 is 5.60 Å². The van der Waals surface area contributed by atoms with E-state index in [1.165, 1.54) is 28.8 Å². The lowest BCUT2D eigenvalue weighted by Gasteiger charge is -2.17. The Hall–Kier alpha value is -2.60. The van der Waals surface area contributed by atoms with Gasteiger partial charge < -0.3 is 14.8 Å². The van der Waals surface area contributed by atoms with E-state index in [0.29, 0.717) is 22.5 Å². The number of aromatic nitrogens is 2. The number of rotatable bonds is 4. The van der Waals surface area contributed by atoms with Gasteiger partial charge in [-0.3, -0.25) is 4.57 Å². The highest BCUT2D eigenvalue weighted by molar-refractivity contribution is 5.77. The fourth-order valence-corrected chi connectivity index (χ4v) is 2.38. The molecule has 0 aliphatic rings. The highest BCUT2D eigenvalue weighted by atomic mass is 19.1. The number of hydrogen-bond acceptors (Lipinski definition) is 3. The predicted molar refractivity (Wildman–Crippen MR) is 85.3 cm³/mol. The summed E-state index contributed by atoms with van der Waals surface area (Å²) in [5, 5.41) is 9.96. The van der Waals surface area contributed by atoms with Gasteiger partial charge in [0.15, 0.2) is 0 Å². The molecular weight excluding hydrogens is 299 g/mol. The molecule has 5 nitrogen and oxygen atoms in total. The quantitative estimate of drug-likeness (QED) is 0.777. The van der Waals surface area contributed by atoms with Crippen LogP contribution in [0, 0.1) is 5.82 Å². The second-order valence-corrected chi connectivity index (χ2v) is 6.06. The summed E-state index contributed by atoms with van der Waals surface area (Å²) in [5.41, 5.74) is -0.0178. The largest absolute Gasteiger partial charge is 0.457 e. The van der Waals surface area contributed by atoms with Crippen molar-refractivity contribution in [2.75, 3.05) is 0 Å². The number of imidazole rings is 1. The van der Waals surface area contributed by atoms with Gasteiger partial charge in [-0.15, -0.1) is 0 Å². The summed E-state index contributed by atoms with van der Waals surface area (Å²) in [6.07, 6.45) is 0. The van der Waals surface area contributed by atoms with Crippen LogP contribution < -0.4 is 10.4 Å². The standard InChI is InChI=1S/C17H17FN2O3/c1-17(2,22)10-20-15-9-13(7-8-14(15)19-16(20)21)23-12-5-3-11(18)4-6-12/h3-9,22H,10H2,1-2H3,(H,19,21). The number of fused-ring (bicyclic) bond motifs is 1. The van der Waals surface area contributed by atoms with Crippen molar-refractivity contribution in [3.05, 3.63) is 58.8 Å². The normalized spacial score (nSPS) is 11.8. The van der Waals surface area contributed by atoms with Gasteiger partial charge in [-0.25, -0.2) is 9.18 Å². The first kappa shape index (κ1) is 15.3. The summed E-state index contributed by atoms with van der Waals surface area (Å²) in [5.74, 6) is 0.683. The summed E-state index contributed by atoms with van der Waals surface area (Å²) in [7, 11) is 0. The summed E-state index contributed by atoms with van der Waals surface area (Å²) in [6, 6.07) is 10.8. The minimum atomic E-state index is -1.02. The van der Waals surface area contributed by atoms with Gasteiger partial charge in [0.05, 0.1) is 23.2 Å². The average molecular weight is 316 g/mol. The minimum Gasteiger partial charge on any atom is -0.457 e. The minimum absolute atomic E-state index is 0.159. The summed E-state index contributed by atoms with van der Waals surface area (Å²) in [6.45, 7) is 3.43. The fourth-order valence-electron chi connectivity index (χ4n) is 2.38. The van der Waals surface area contributed by atoms with Gasteiger partial charge >= 0.3 is 5.69 Å². The first-order valence-electron chi connectivity index (χ1n) is 7.20. The van der Waals surface area contributed by atoms with Crippen molar-refractivity contribution >= 4 is 11.0 Å². The van der Waals surface area contributed by atoms with Crippen LogP contribution >= 0.6 is 0 Å². The first-order valence-corrected chi connectivity index (χ1v) is 7.20. The Morgan fingerprint density at radius 2 is 1.83 bits per heavy atom. The number of halogens is 1. The van der Waals surface area contributed by atoms with E-state index in [2.05, 4.69) is 4.98 Å². The lowest BCUT2D eigenvalue weighted by molar-refractivity contribution is 0.0617. The van der Waals surface area contributed by atoms with E-state index in [9.17, 15) is 14.3 Å². The summed E-state index contributed by atoms with van der Waals surface area (Å²) in [4.78, 5) is 14.8. The number of aliphatic hydroxyl groups is 1. The van der Waals surface area contributed by atoms with E-state index in [4.69, 9.17) is 4.74 Å². The van der Waals surface area contributed by atoms with Crippen molar-refractivity contribution in [2.45, 2.75) is 26.0 Å². The molecule has 1 heterocycles. The smallest absolute Gasteiger partial charge is 0.326 e. The third kappa shape index (κ3) is 3.43. The van der Waals surface area contributed by atoms with Crippen molar-refractivity contribution in [2.24, 2.45) is 0 Å². The lowest BCUT2D eigenvalue weighted by Crippen LogP contribution is -2.31. The SMILES string of the molecule is CC(C)(O)Cn1c(=O)[nH]c2ccc(Oc3ccc(F)cc3)cc21. The van der Waals surface area contributed by atoms with Crippen molar-refractivity contribution < 1.29 is 14.2 Å². The maximum absolute atomic E-state index is 12.9. The third-order valence-electron chi connectivity index (χ3n) is 3.34. The number of benzene rings is 2. The molecule has 3 rings (SSSR count). The number of nitrogens with zero attached hydrogens (tertiary/aromatic N) is 1. The van der Waals surface area contributed by atoms with Crippen LogP contribution in [0.5, 0.6) is 11.5 Å². The second kappa shape index (κ2) is 5.55. The Kier molecular flexibility index (Phi) is 3.69. The molecule has 1 aromatic heterocycles. The molecule has 0 atom stereocenters. The fraction of sp³-hybridized carbons (Fsp3) is 0.235. The molecule has 120 valence electrons. The lowest BCUT2D eigenvalue weighted by atomic mass is 10.1. The molecule has 6 heteroatoms. The zero-order valence-corrected chi connectivity index (χ0v) is 12.8. The number of aromatic amines is 1. The molecule has 0 saturated heterocycles. The Labute approximate surface area is 132 Å². The van der Waals surface area contributed by atoms with Crippen molar-refractivity contribution in [3.8, 4) is 11.5 Å². The maximum Gasteiger partial charge on any atom is 0.326 e. The van der Waals surface area contributed by atoms with Gasteiger partial charge in [0, 0.05) is 6.07 Å². The van der Waals surface area contributed by atoms with Crippen molar-refractivity contribution in [1.29, 1.82) is 0 Å². The van der Waals surface area contributed by atoms with Gasteiger partial charge in [-0.1, -0.05) is 0 Å². The molecule has 0 aliphatic heterocycles. The van der Waals surface area contributed by atoms with Gasteiger partial charge in [-0.2, -0.15) is 0 Å². The molecule has 23 heavy (non-hydrogen) atoms. The van der Waals surface area contributed by atoms with Crippen LogP contribution in [-0.2, 0) is 6.54 Å². The Morgan fingerprint density at radius 1 is 1.17 bits per heavy atom. The molecule has 0 radical (unpaired) electrons. The van der Waals surface area contributed by atoms with Crippen LogP contribution in [0.15, 0.2) is 47.3 Å². The van der Waals surface area contributed by atoms with Crippen LogP contribution in [0.3, 0.4) is 0 Å². The molecule has 0 aliphatic carbocycles. The van der Waals surface area contributed by atoms with Gasteiger partial charge in [0.25, 0.3) is 0 Å². The monoisotopic (exact) mass is 316 g/mol. The van der Waals surface area contributed by atoms with Crippen LogP contribution in [0.25, 0.3) is 11.0 Å². The molecule has 0 saturated carbocycles. The van der Waals surface area contributed by atoms with E-state index >= 15 is 0 Å². The highest BCUT2D eigenvalue weighted by Crippen LogP contribution is 2.25. The molecule has 3 aromatic rings. The van der Waals surface area contributed by atoms with Crippen LogP contribution in [0.2, 0.25) is 0 Å². The van der Waals surface area contributed by atoms with Crippen molar-refractivity contribution in [1.82, 2.24) is 9.55 Å². The average Bonchev–Trinajstić information content (AvgIpc) is 2.76. The van der Waals surface area contributed by atoms with E-state index in [1.54, 1.807) is 32.0 Å². The van der Waals surface area contributed by atoms with Gasteiger partial charge in [0.1, 0.15) is 17.3 Å². The zero-order chi connectivity index (χ0) is 16.6. The number of nitrogens with one attached hydrogen (secondary N) is 1. The van der Waals surface area contributed by atoms with Gasteiger partial charge in [-0.05, 0) is 50.2 Å². The molecule has 0 fully saturated rings. The van der Waals surface area contributed by atoms with E-state index in [0.717, 1.165) is 0 Å². The Balaban J connectivity index is 1.98. The molecule has 2 aromatic carbocycles. The second-order valence-electron chi connectivity index (χ2n) is 6.06. The molecule has 2 N–H and O–H groups in total. The van der Waals surface area contributed by atoms with Gasteiger partial charge in [0.2, 0.25) is 0 Å². The van der Waals surface area contributed by atoms with Crippen LogP contribution in [0.1, 0.15) is 13.8 Å². The van der Waals surface area contributed by atoms with E-state index in [1.807, 2.05) is 0 Å².